The van der Waals surface area contributed by atoms with Gasteiger partial charge >= 0.3 is 0 Å². The lowest BCUT2D eigenvalue weighted by Crippen LogP contribution is -2.14. The van der Waals surface area contributed by atoms with Crippen LogP contribution in [0.4, 0.5) is 0 Å². The zero-order valence-electron chi connectivity index (χ0n) is 11.1. The fraction of sp³-hybridized carbons (Fsp3) is 0.312. The zero-order chi connectivity index (χ0) is 13.9. The summed E-state index contributed by atoms with van der Waals surface area (Å²) >= 11 is 3.56. The lowest BCUT2D eigenvalue weighted by molar-refractivity contribution is -0.120. The number of Topliss-reactive ketones (excluding diaryl/α,β-unsaturated/α-hetero) is 1. The molecule has 1 aromatic heterocycles. The van der Waals surface area contributed by atoms with Crippen LogP contribution in [-0.4, -0.2) is 15.8 Å². The van der Waals surface area contributed by atoms with E-state index >= 15 is 0 Å². The number of halogens is 1. The summed E-state index contributed by atoms with van der Waals surface area (Å²) in [5.41, 5.74) is 2.00. The van der Waals surface area contributed by atoms with Gasteiger partial charge in [0.1, 0.15) is 11.6 Å². The maximum Gasteiger partial charge on any atom is 0.132 e. The predicted octanol–water partition coefficient (Wildman–Crippen LogP) is 4.13. The number of ketones is 1. The molecule has 0 saturated heterocycles. The second-order valence-corrected chi connectivity index (χ2v) is 5.95. The minimum atomic E-state index is 0.315. The van der Waals surface area contributed by atoms with E-state index < -0.39 is 0 Å². The van der Waals surface area contributed by atoms with Crippen LogP contribution in [0.5, 0.6) is 0 Å². The van der Waals surface area contributed by atoms with Crippen molar-refractivity contribution in [2.24, 2.45) is 0 Å². The summed E-state index contributed by atoms with van der Waals surface area (Å²) in [6.45, 7) is 0. The summed E-state index contributed by atoms with van der Waals surface area (Å²) in [5.74, 6) is 1.55. The molecule has 0 aliphatic heterocycles. The molecule has 0 N–H and O–H groups in total. The summed E-state index contributed by atoms with van der Waals surface area (Å²) in [4.78, 5) is 20.4. The predicted molar refractivity (Wildman–Crippen MR) is 81.4 cm³/mol. The Morgan fingerprint density at radius 2 is 1.85 bits per heavy atom. The quantitative estimate of drug-likeness (QED) is 0.831. The summed E-state index contributed by atoms with van der Waals surface area (Å²) in [6, 6.07) is 9.97. The highest BCUT2D eigenvalue weighted by Gasteiger charge is 2.22. The Morgan fingerprint density at radius 1 is 1.10 bits per heavy atom. The van der Waals surface area contributed by atoms with Crippen LogP contribution in [0, 0.1) is 0 Å². The first-order valence-corrected chi connectivity index (χ1v) is 7.63. The minimum Gasteiger partial charge on any atom is -0.300 e. The van der Waals surface area contributed by atoms with E-state index in [0.717, 1.165) is 34.4 Å². The Morgan fingerprint density at radius 3 is 2.60 bits per heavy atom. The van der Waals surface area contributed by atoms with Gasteiger partial charge in [-0.1, -0.05) is 34.1 Å². The van der Waals surface area contributed by atoms with E-state index in [-0.39, 0.29) is 0 Å². The van der Waals surface area contributed by atoms with Gasteiger partial charge in [0, 0.05) is 35.0 Å². The Balaban J connectivity index is 1.90. The van der Waals surface area contributed by atoms with Gasteiger partial charge in [0.2, 0.25) is 0 Å². The van der Waals surface area contributed by atoms with E-state index in [1.807, 2.05) is 36.5 Å². The van der Waals surface area contributed by atoms with Crippen LogP contribution in [0.15, 0.2) is 41.0 Å². The first-order valence-electron chi connectivity index (χ1n) is 6.83. The smallest absolute Gasteiger partial charge is 0.132 e. The van der Waals surface area contributed by atoms with Gasteiger partial charge in [0.25, 0.3) is 0 Å². The van der Waals surface area contributed by atoms with Crippen molar-refractivity contribution >= 4 is 21.7 Å². The summed E-state index contributed by atoms with van der Waals surface area (Å²) in [7, 11) is 0. The first-order chi connectivity index (χ1) is 9.74. The van der Waals surface area contributed by atoms with Crippen molar-refractivity contribution < 1.29 is 4.79 Å². The molecule has 102 valence electrons. The second kappa shape index (κ2) is 5.83. The lowest BCUT2D eigenvalue weighted by Gasteiger charge is -2.19. The molecule has 0 spiro atoms. The molecule has 0 bridgehead atoms. The largest absolute Gasteiger partial charge is 0.300 e. The number of nitrogens with zero attached hydrogens (tertiary/aromatic N) is 2. The molecule has 1 aromatic carbocycles. The van der Waals surface area contributed by atoms with Crippen LogP contribution in [0.3, 0.4) is 0 Å². The van der Waals surface area contributed by atoms with E-state index in [9.17, 15) is 4.79 Å². The van der Waals surface area contributed by atoms with Crippen molar-refractivity contribution in [2.45, 2.75) is 31.6 Å². The Labute approximate surface area is 126 Å². The van der Waals surface area contributed by atoms with Crippen molar-refractivity contribution in [3.05, 3.63) is 46.8 Å². The van der Waals surface area contributed by atoms with Gasteiger partial charge in [0.15, 0.2) is 0 Å². The van der Waals surface area contributed by atoms with Crippen LogP contribution in [0.25, 0.3) is 11.3 Å². The molecule has 1 aliphatic carbocycles. The number of benzene rings is 1. The molecule has 0 atom stereocenters. The van der Waals surface area contributed by atoms with Gasteiger partial charge in [0.05, 0.1) is 5.69 Å². The molecule has 4 heteroatoms. The molecule has 0 amide bonds. The highest BCUT2D eigenvalue weighted by atomic mass is 79.9. The number of carbonyl (C=O) groups is 1. The fourth-order valence-corrected chi connectivity index (χ4v) is 3.08. The number of rotatable bonds is 2. The van der Waals surface area contributed by atoms with Crippen LogP contribution in [-0.2, 0) is 4.79 Å². The van der Waals surface area contributed by atoms with Crippen LogP contribution in [0.2, 0.25) is 0 Å². The van der Waals surface area contributed by atoms with E-state index in [2.05, 4.69) is 20.9 Å². The van der Waals surface area contributed by atoms with Crippen LogP contribution >= 0.6 is 15.9 Å². The molecule has 0 radical (unpaired) electrons. The molecule has 20 heavy (non-hydrogen) atoms. The highest BCUT2D eigenvalue weighted by Crippen LogP contribution is 2.31. The van der Waals surface area contributed by atoms with Gasteiger partial charge in [-0.2, -0.15) is 0 Å². The summed E-state index contributed by atoms with van der Waals surface area (Å²) in [6.07, 6.45) is 4.88. The zero-order valence-corrected chi connectivity index (χ0v) is 12.6. The van der Waals surface area contributed by atoms with Gasteiger partial charge in [-0.25, -0.2) is 9.97 Å². The molecule has 0 unspecified atom stereocenters. The molecular formula is C16H15BrN2O. The average Bonchev–Trinajstić information content (AvgIpc) is 2.49. The number of hydrogen-bond acceptors (Lipinski definition) is 3. The third-order valence-corrected chi connectivity index (χ3v) is 4.42. The monoisotopic (exact) mass is 330 g/mol. The maximum atomic E-state index is 11.3. The highest BCUT2D eigenvalue weighted by molar-refractivity contribution is 9.10. The van der Waals surface area contributed by atoms with E-state index in [1.165, 1.54) is 0 Å². The molecular weight excluding hydrogens is 316 g/mol. The average molecular weight is 331 g/mol. The molecule has 1 aliphatic rings. The van der Waals surface area contributed by atoms with Gasteiger partial charge in [-0.15, -0.1) is 0 Å². The molecule has 3 nitrogen and oxygen atoms in total. The second-order valence-electron chi connectivity index (χ2n) is 5.09. The van der Waals surface area contributed by atoms with E-state index in [1.54, 1.807) is 0 Å². The minimum absolute atomic E-state index is 0.315. The van der Waals surface area contributed by atoms with Crippen LogP contribution < -0.4 is 0 Å². The number of hydrogen-bond donors (Lipinski definition) is 0. The standard InChI is InChI=1S/C16H15BrN2O/c17-14-4-2-1-3-13(14)15-9-10-18-16(19-15)11-5-7-12(20)8-6-11/h1-4,9-11H,5-8H2. The Kier molecular flexibility index (Phi) is 3.92. The van der Waals surface area contributed by atoms with Crippen molar-refractivity contribution in [1.29, 1.82) is 0 Å². The van der Waals surface area contributed by atoms with Gasteiger partial charge in [-0.3, -0.25) is 4.79 Å². The van der Waals surface area contributed by atoms with Crippen molar-refractivity contribution in [3.8, 4) is 11.3 Å². The SMILES string of the molecule is O=C1CCC(c2nccc(-c3ccccc3Br)n2)CC1. The van der Waals surface area contributed by atoms with Crippen LogP contribution in [0.1, 0.15) is 37.4 Å². The molecule has 2 aromatic rings. The number of carbonyl (C=O) groups excluding carboxylic acids is 1. The lowest BCUT2D eigenvalue weighted by atomic mass is 9.88. The van der Waals surface area contributed by atoms with Crippen molar-refractivity contribution in [3.63, 3.8) is 0 Å². The fourth-order valence-electron chi connectivity index (χ4n) is 2.59. The van der Waals surface area contributed by atoms with Gasteiger partial charge in [-0.05, 0) is 25.0 Å². The molecule has 1 fully saturated rings. The topological polar surface area (TPSA) is 42.9 Å². The van der Waals surface area contributed by atoms with E-state index in [4.69, 9.17) is 4.98 Å². The Hall–Kier alpha value is -1.55. The molecule has 3 rings (SSSR count). The van der Waals surface area contributed by atoms with Crippen molar-refractivity contribution in [2.75, 3.05) is 0 Å². The third-order valence-electron chi connectivity index (χ3n) is 3.73. The maximum absolute atomic E-state index is 11.3. The first kappa shape index (κ1) is 13.4. The van der Waals surface area contributed by atoms with Crippen molar-refractivity contribution in [1.82, 2.24) is 9.97 Å². The van der Waals surface area contributed by atoms with E-state index in [0.29, 0.717) is 24.5 Å². The Bertz CT molecular complexity index is 632. The molecule has 1 saturated carbocycles. The molecule has 1 heterocycles. The summed E-state index contributed by atoms with van der Waals surface area (Å²) in [5, 5.41) is 0. The van der Waals surface area contributed by atoms with Gasteiger partial charge < -0.3 is 0 Å². The normalized spacial score (nSPS) is 16.4. The third kappa shape index (κ3) is 2.80. The number of aromatic nitrogens is 2. The summed E-state index contributed by atoms with van der Waals surface area (Å²) < 4.78 is 1.03.